The number of anilines is 4. The van der Waals surface area contributed by atoms with Crippen molar-refractivity contribution in [3.63, 3.8) is 0 Å². The number of carbonyl (C=O) groups excluding carboxylic acids is 2. The van der Waals surface area contributed by atoms with Crippen LogP contribution in [0.2, 0.25) is 0 Å². The number of nitrogens with one attached hydrogen (secondary N) is 4. The molecule has 148 valence electrons. The Morgan fingerprint density at radius 2 is 1.66 bits per heavy atom. The number of aromatic nitrogens is 1. The van der Waals surface area contributed by atoms with E-state index in [1.54, 1.807) is 6.07 Å². The predicted octanol–water partition coefficient (Wildman–Crippen LogP) is 4.53. The maximum atomic E-state index is 12.9. The third-order valence-corrected chi connectivity index (χ3v) is 4.09. The zero-order valence-electron chi connectivity index (χ0n) is 16.3. The van der Waals surface area contributed by atoms with E-state index >= 15 is 0 Å². The summed E-state index contributed by atoms with van der Waals surface area (Å²) in [6.45, 7) is 4.31. The fourth-order valence-electron chi connectivity index (χ4n) is 2.64. The second-order valence-corrected chi connectivity index (χ2v) is 6.41. The minimum Gasteiger partial charge on any atom is -0.355 e. The highest BCUT2D eigenvalue weighted by Crippen LogP contribution is 2.24. The van der Waals surface area contributed by atoms with Crippen LogP contribution in [-0.2, 0) is 0 Å². The Morgan fingerprint density at radius 1 is 0.931 bits per heavy atom. The Labute approximate surface area is 169 Å². The largest absolute Gasteiger partial charge is 0.355 e. The third kappa shape index (κ3) is 5.55. The normalized spacial score (nSPS) is 10.1. The van der Waals surface area contributed by atoms with Crippen LogP contribution in [-0.4, -0.2) is 23.5 Å². The van der Waals surface area contributed by atoms with E-state index < -0.39 is 0 Å². The summed E-state index contributed by atoms with van der Waals surface area (Å²) in [4.78, 5) is 28.9. The first-order chi connectivity index (χ1) is 14.0. The fraction of sp³-hybridized carbons (Fsp3) is 0.136. The van der Waals surface area contributed by atoms with Crippen LogP contribution in [0.3, 0.4) is 0 Å². The molecule has 29 heavy (non-hydrogen) atoms. The van der Waals surface area contributed by atoms with Crippen LogP contribution < -0.4 is 21.3 Å². The van der Waals surface area contributed by atoms with Crippen molar-refractivity contribution in [2.75, 3.05) is 22.5 Å². The minimum atomic E-state index is -0.359. The number of urea groups is 1. The van der Waals surface area contributed by atoms with Gasteiger partial charge in [0.2, 0.25) is 0 Å². The third-order valence-electron chi connectivity index (χ3n) is 4.09. The molecule has 4 N–H and O–H groups in total. The van der Waals surface area contributed by atoms with Gasteiger partial charge in [-0.1, -0.05) is 35.9 Å². The number of nitrogens with zero attached hydrogens (tertiary/aromatic N) is 1. The van der Waals surface area contributed by atoms with Crippen LogP contribution in [0.5, 0.6) is 0 Å². The maximum Gasteiger partial charge on any atom is 0.320 e. The smallest absolute Gasteiger partial charge is 0.320 e. The molecule has 7 heteroatoms. The van der Waals surface area contributed by atoms with Gasteiger partial charge in [-0.15, -0.1) is 0 Å². The predicted molar refractivity (Wildman–Crippen MR) is 116 cm³/mol. The molecule has 0 unspecified atom stereocenters. The van der Waals surface area contributed by atoms with Crippen molar-refractivity contribution >= 4 is 34.8 Å². The monoisotopic (exact) mass is 389 g/mol. The molecule has 3 amide bonds. The Hall–Kier alpha value is -3.87. The van der Waals surface area contributed by atoms with E-state index in [4.69, 9.17) is 0 Å². The van der Waals surface area contributed by atoms with E-state index in [0.717, 1.165) is 11.3 Å². The van der Waals surface area contributed by atoms with Crippen LogP contribution in [0, 0.1) is 6.92 Å². The highest BCUT2D eigenvalue weighted by molar-refractivity contribution is 6.08. The van der Waals surface area contributed by atoms with Gasteiger partial charge < -0.3 is 16.0 Å². The van der Waals surface area contributed by atoms with Crippen molar-refractivity contribution in [3.8, 4) is 0 Å². The zero-order chi connectivity index (χ0) is 20.6. The molecule has 0 fully saturated rings. The van der Waals surface area contributed by atoms with Gasteiger partial charge in [0.15, 0.2) is 0 Å². The summed E-state index contributed by atoms with van der Waals surface area (Å²) >= 11 is 0. The molecule has 0 saturated heterocycles. The summed E-state index contributed by atoms with van der Waals surface area (Å²) in [6, 6.07) is 18.3. The van der Waals surface area contributed by atoms with Crippen LogP contribution in [0.15, 0.2) is 66.9 Å². The molecule has 0 aliphatic carbocycles. The van der Waals surface area contributed by atoms with E-state index in [0.29, 0.717) is 29.3 Å². The number of para-hydroxylation sites is 1. The lowest BCUT2D eigenvalue weighted by Crippen LogP contribution is -2.28. The molecule has 1 heterocycles. The van der Waals surface area contributed by atoms with Gasteiger partial charge in [-0.2, -0.15) is 0 Å². The fourth-order valence-corrected chi connectivity index (χ4v) is 2.64. The summed E-state index contributed by atoms with van der Waals surface area (Å²) in [7, 11) is 0. The highest BCUT2D eigenvalue weighted by atomic mass is 16.2. The summed E-state index contributed by atoms with van der Waals surface area (Å²) in [5, 5.41) is 11.4. The molecular formula is C22H23N5O2. The highest BCUT2D eigenvalue weighted by Gasteiger charge is 2.15. The maximum absolute atomic E-state index is 12.9. The van der Waals surface area contributed by atoms with E-state index in [2.05, 4.69) is 26.3 Å². The summed E-state index contributed by atoms with van der Waals surface area (Å²) in [5.41, 5.74) is 3.50. The van der Waals surface area contributed by atoms with E-state index in [-0.39, 0.29) is 11.9 Å². The molecule has 3 aromatic rings. The zero-order valence-corrected chi connectivity index (χ0v) is 16.3. The van der Waals surface area contributed by atoms with Crippen LogP contribution in [0.25, 0.3) is 0 Å². The lowest BCUT2D eigenvalue weighted by molar-refractivity contribution is 0.102. The summed E-state index contributed by atoms with van der Waals surface area (Å²) < 4.78 is 0. The number of rotatable bonds is 6. The molecule has 0 aliphatic heterocycles. The molecule has 2 aromatic carbocycles. The van der Waals surface area contributed by atoms with Crippen molar-refractivity contribution in [2.45, 2.75) is 13.8 Å². The van der Waals surface area contributed by atoms with Gasteiger partial charge in [-0.05, 0) is 38.1 Å². The molecule has 0 aliphatic rings. The Balaban J connectivity index is 1.88. The van der Waals surface area contributed by atoms with Gasteiger partial charge in [0.05, 0.1) is 11.3 Å². The number of hydrogen-bond donors (Lipinski definition) is 4. The second-order valence-electron chi connectivity index (χ2n) is 6.41. The summed E-state index contributed by atoms with van der Waals surface area (Å²) in [5.74, 6) is 0.0330. The number of carbonyl (C=O) groups is 2. The van der Waals surface area contributed by atoms with E-state index in [1.807, 2.05) is 68.4 Å². The van der Waals surface area contributed by atoms with E-state index in [9.17, 15) is 9.59 Å². The lowest BCUT2D eigenvalue weighted by Gasteiger charge is -2.14. The molecule has 3 rings (SSSR count). The topological polar surface area (TPSA) is 95.2 Å². The average Bonchev–Trinajstić information content (AvgIpc) is 2.71. The molecule has 0 spiro atoms. The van der Waals surface area contributed by atoms with Gasteiger partial charge in [-0.3, -0.25) is 10.1 Å². The molecule has 1 aromatic heterocycles. The number of amides is 3. The minimum absolute atomic E-state index is 0.302. The van der Waals surface area contributed by atoms with Crippen molar-refractivity contribution in [1.29, 1.82) is 0 Å². The molecule has 0 saturated carbocycles. The van der Waals surface area contributed by atoms with Gasteiger partial charge in [0, 0.05) is 30.2 Å². The first-order valence-corrected chi connectivity index (χ1v) is 9.30. The van der Waals surface area contributed by atoms with Crippen molar-refractivity contribution < 1.29 is 9.59 Å². The van der Waals surface area contributed by atoms with Crippen molar-refractivity contribution in [2.24, 2.45) is 0 Å². The molecule has 0 radical (unpaired) electrons. The second kappa shape index (κ2) is 9.36. The molecule has 0 bridgehead atoms. The molecular weight excluding hydrogens is 366 g/mol. The Bertz CT molecular complexity index is 988. The average molecular weight is 389 g/mol. The molecule has 0 atom stereocenters. The Morgan fingerprint density at radius 3 is 2.34 bits per heavy atom. The number of hydrogen-bond acceptors (Lipinski definition) is 4. The van der Waals surface area contributed by atoms with Gasteiger partial charge >= 0.3 is 6.03 Å². The van der Waals surface area contributed by atoms with Crippen LogP contribution >= 0.6 is 0 Å². The van der Waals surface area contributed by atoms with Crippen molar-refractivity contribution in [3.05, 3.63) is 78.0 Å². The quantitative estimate of drug-likeness (QED) is 0.498. The van der Waals surface area contributed by atoms with Crippen LogP contribution in [0.4, 0.5) is 27.7 Å². The molecule has 7 nitrogen and oxygen atoms in total. The van der Waals surface area contributed by atoms with Crippen molar-refractivity contribution in [1.82, 2.24) is 10.3 Å². The Kier molecular flexibility index (Phi) is 6.42. The van der Waals surface area contributed by atoms with Gasteiger partial charge in [0.25, 0.3) is 5.91 Å². The van der Waals surface area contributed by atoms with E-state index in [1.165, 1.54) is 6.20 Å². The summed E-state index contributed by atoms with van der Waals surface area (Å²) in [6.07, 6.45) is 1.44. The number of pyridine rings is 1. The standard InChI is InChI=1S/C22H23N5O2/c1-3-23-22(29)27-20-13-19(25-16-7-5-4-6-8-16)18(14-24-20)21(28)26-17-11-9-15(2)10-12-17/h4-14H,3H2,1-2H3,(H,26,28)(H3,23,24,25,27,29). The first kappa shape index (κ1) is 19.9. The number of aryl methyl sites for hydroxylation is 1. The number of benzene rings is 2. The van der Waals surface area contributed by atoms with Gasteiger partial charge in [0.1, 0.15) is 5.82 Å². The first-order valence-electron chi connectivity index (χ1n) is 9.30. The SMILES string of the molecule is CCNC(=O)Nc1cc(Nc2ccccc2)c(C(=O)Nc2ccc(C)cc2)cn1. The lowest BCUT2D eigenvalue weighted by atomic mass is 10.1. The van der Waals surface area contributed by atoms with Gasteiger partial charge in [-0.25, -0.2) is 9.78 Å². The van der Waals surface area contributed by atoms with Crippen LogP contribution in [0.1, 0.15) is 22.8 Å².